The molecule has 0 amide bonds. The van der Waals surface area contributed by atoms with Gasteiger partial charge in [-0.25, -0.2) is 15.0 Å². The maximum Gasteiger partial charge on any atom is 0.164 e. The van der Waals surface area contributed by atoms with Crippen molar-refractivity contribution in [2.45, 2.75) is 0 Å². The lowest BCUT2D eigenvalue weighted by molar-refractivity contribution is 1.07. The smallest absolute Gasteiger partial charge is 0.164 e. The molecule has 4 nitrogen and oxygen atoms in total. The van der Waals surface area contributed by atoms with Crippen molar-refractivity contribution in [2.24, 2.45) is 0 Å². The molecule has 196 valence electrons. The van der Waals surface area contributed by atoms with Crippen molar-refractivity contribution in [3.8, 4) is 62.5 Å². The van der Waals surface area contributed by atoms with E-state index in [4.69, 9.17) is 15.0 Å². The van der Waals surface area contributed by atoms with Gasteiger partial charge in [-0.2, -0.15) is 5.26 Å². The molecule has 6 aromatic carbocycles. The Balaban J connectivity index is 1.29. The summed E-state index contributed by atoms with van der Waals surface area (Å²) in [6.45, 7) is 0. The van der Waals surface area contributed by atoms with Gasteiger partial charge in [0.05, 0.1) is 11.6 Å². The predicted molar refractivity (Wildman–Crippen MR) is 169 cm³/mol. The standard InChI is InChI=1S/C38H24N4/c39-25-32-14-7-8-16-33(32)34-17-9-15-27-20-23-31(24-35(27)34)26-18-21-30(22-19-26)38-41-36(28-10-3-1-4-11-28)40-37(42-38)29-12-5-2-6-13-29/h1-24H. The second-order valence-electron chi connectivity index (χ2n) is 10.0. The summed E-state index contributed by atoms with van der Waals surface area (Å²) in [4.78, 5) is 14.5. The molecule has 4 heteroatoms. The number of hydrogen-bond donors (Lipinski definition) is 0. The average Bonchev–Trinajstić information content (AvgIpc) is 3.08. The Morgan fingerprint density at radius 2 is 0.905 bits per heavy atom. The predicted octanol–water partition coefficient (Wildman–Crippen LogP) is 9.23. The summed E-state index contributed by atoms with van der Waals surface area (Å²) in [5.74, 6) is 1.91. The lowest BCUT2D eigenvalue weighted by Crippen LogP contribution is -2.00. The molecule has 0 saturated heterocycles. The second kappa shape index (κ2) is 10.9. The largest absolute Gasteiger partial charge is 0.208 e. The highest BCUT2D eigenvalue weighted by atomic mass is 15.0. The van der Waals surface area contributed by atoms with Crippen molar-refractivity contribution in [1.29, 1.82) is 5.26 Å². The molecule has 1 aromatic heterocycles. The van der Waals surface area contributed by atoms with Gasteiger partial charge in [-0.3, -0.25) is 0 Å². The van der Waals surface area contributed by atoms with Gasteiger partial charge < -0.3 is 0 Å². The summed E-state index contributed by atoms with van der Waals surface area (Å²) in [5.41, 5.74) is 7.65. The van der Waals surface area contributed by atoms with Gasteiger partial charge in [0.15, 0.2) is 17.5 Å². The third kappa shape index (κ3) is 4.81. The molecule has 0 bridgehead atoms. The highest BCUT2D eigenvalue weighted by molar-refractivity contribution is 6.00. The molecular weight excluding hydrogens is 512 g/mol. The van der Waals surface area contributed by atoms with Gasteiger partial charge >= 0.3 is 0 Å². The van der Waals surface area contributed by atoms with Crippen molar-refractivity contribution in [1.82, 2.24) is 15.0 Å². The van der Waals surface area contributed by atoms with Crippen molar-refractivity contribution in [2.75, 3.05) is 0 Å². The summed E-state index contributed by atoms with van der Waals surface area (Å²) in [7, 11) is 0. The Morgan fingerprint density at radius 1 is 0.405 bits per heavy atom. The van der Waals surface area contributed by atoms with Crippen LogP contribution in [0.25, 0.3) is 67.2 Å². The van der Waals surface area contributed by atoms with Gasteiger partial charge in [0, 0.05) is 22.3 Å². The molecule has 0 N–H and O–H groups in total. The van der Waals surface area contributed by atoms with E-state index in [1.165, 1.54) is 0 Å². The van der Waals surface area contributed by atoms with Crippen molar-refractivity contribution < 1.29 is 0 Å². The lowest BCUT2D eigenvalue weighted by Gasteiger charge is -2.11. The fourth-order valence-electron chi connectivity index (χ4n) is 5.25. The van der Waals surface area contributed by atoms with Crippen LogP contribution >= 0.6 is 0 Å². The maximum absolute atomic E-state index is 9.70. The van der Waals surface area contributed by atoms with E-state index in [1.54, 1.807) is 0 Å². The minimum atomic E-state index is 0.628. The average molecular weight is 537 g/mol. The van der Waals surface area contributed by atoms with Gasteiger partial charge in [-0.05, 0) is 39.6 Å². The molecule has 0 unspecified atom stereocenters. The molecule has 0 aliphatic heterocycles. The van der Waals surface area contributed by atoms with Crippen LogP contribution in [0.3, 0.4) is 0 Å². The Bertz CT molecular complexity index is 2020. The minimum absolute atomic E-state index is 0.628. The number of benzene rings is 6. The summed E-state index contributed by atoms with van der Waals surface area (Å²) in [6.07, 6.45) is 0. The van der Waals surface area contributed by atoms with Gasteiger partial charge in [-0.1, -0.05) is 133 Å². The number of aromatic nitrogens is 3. The molecule has 7 rings (SSSR count). The fraction of sp³-hybridized carbons (Fsp3) is 0. The maximum atomic E-state index is 9.70. The Labute approximate surface area is 244 Å². The SMILES string of the molecule is N#Cc1ccccc1-c1cccc2ccc(-c3ccc(-c4nc(-c5ccccc5)nc(-c5ccccc5)n4)cc3)cc12. The Morgan fingerprint density at radius 3 is 1.52 bits per heavy atom. The van der Waals surface area contributed by atoms with Crippen LogP contribution in [0.1, 0.15) is 5.56 Å². The second-order valence-corrected chi connectivity index (χ2v) is 10.0. The van der Waals surface area contributed by atoms with Crippen LogP contribution in [0.15, 0.2) is 146 Å². The first-order chi connectivity index (χ1) is 20.8. The first-order valence-electron chi connectivity index (χ1n) is 13.8. The van der Waals surface area contributed by atoms with Crippen LogP contribution < -0.4 is 0 Å². The molecule has 0 aliphatic carbocycles. The summed E-state index contributed by atoms with van der Waals surface area (Å²) >= 11 is 0. The number of nitriles is 1. The van der Waals surface area contributed by atoms with Crippen LogP contribution in [0.5, 0.6) is 0 Å². The van der Waals surface area contributed by atoms with E-state index >= 15 is 0 Å². The Hall–Kier alpha value is -5.92. The van der Waals surface area contributed by atoms with E-state index in [1.807, 2.05) is 91.0 Å². The topological polar surface area (TPSA) is 62.5 Å². The van der Waals surface area contributed by atoms with E-state index in [2.05, 4.69) is 60.7 Å². The number of rotatable bonds is 5. The summed E-state index contributed by atoms with van der Waals surface area (Å²) in [6, 6.07) is 51.1. The molecule has 0 spiro atoms. The van der Waals surface area contributed by atoms with Crippen molar-refractivity contribution in [3.05, 3.63) is 151 Å². The third-order valence-electron chi connectivity index (χ3n) is 7.40. The zero-order valence-corrected chi connectivity index (χ0v) is 22.6. The van der Waals surface area contributed by atoms with Crippen LogP contribution in [-0.4, -0.2) is 15.0 Å². The quantitative estimate of drug-likeness (QED) is 0.220. The molecular formula is C38H24N4. The summed E-state index contributed by atoms with van der Waals surface area (Å²) in [5, 5.41) is 11.9. The van der Waals surface area contributed by atoms with Crippen LogP contribution in [0.4, 0.5) is 0 Å². The fourth-order valence-corrected chi connectivity index (χ4v) is 5.25. The number of nitrogens with zero attached hydrogens (tertiary/aromatic N) is 4. The van der Waals surface area contributed by atoms with Crippen LogP contribution in [-0.2, 0) is 0 Å². The highest BCUT2D eigenvalue weighted by Gasteiger charge is 2.13. The van der Waals surface area contributed by atoms with Crippen LogP contribution in [0, 0.1) is 11.3 Å². The molecule has 0 saturated carbocycles. The van der Waals surface area contributed by atoms with Crippen molar-refractivity contribution in [3.63, 3.8) is 0 Å². The van der Waals surface area contributed by atoms with E-state index < -0.39 is 0 Å². The number of fused-ring (bicyclic) bond motifs is 1. The third-order valence-corrected chi connectivity index (χ3v) is 7.40. The molecule has 0 aliphatic rings. The first kappa shape index (κ1) is 25.1. The number of hydrogen-bond acceptors (Lipinski definition) is 4. The van der Waals surface area contributed by atoms with Gasteiger partial charge in [-0.15, -0.1) is 0 Å². The Kier molecular flexibility index (Phi) is 6.52. The highest BCUT2D eigenvalue weighted by Crippen LogP contribution is 2.34. The first-order valence-corrected chi connectivity index (χ1v) is 13.8. The van der Waals surface area contributed by atoms with Crippen molar-refractivity contribution >= 4 is 10.8 Å². The molecule has 0 fully saturated rings. The van der Waals surface area contributed by atoms with Crippen LogP contribution in [0.2, 0.25) is 0 Å². The zero-order valence-electron chi connectivity index (χ0n) is 22.6. The molecule has 42 heavy (non-hydrogen) atoms. The molecule has 7 aromatic rings. The minimum Gasteiger partial charge on any atom is -0.208 e. The molecule has 0 radical (unpaired) electrons. The molecule has 0 atom stereocenters. The van der Waals surface area contributed by atoms with E-state index in [-0.39, 0.29) is 0 Å². The van der Waals surface area contributed by atoms with E-state index in [0.29, 0.717) is 23.0 Å². The van der Waals surface area contributed by atoms with Gasteiger partial charge in [0.25, 0.3) is 0 Å². The van der Waals surface area contributed by atoms with Gasteiger partial charge in [0.2, 0.25) is 0 Å². The van der Waals surface area contributed by atoms with Gasteiger partial charge in [0.1, 0.15) is 0 Å². The zero-order chi connectivity index (χ0) is 28.3. The normalized spacial score (nSPS) is 10.8. The monoisotopic (exact) mass is 536 g/mol. The summed E-state index contributed by atoms with van der Waals surface area (Å²) < 4.78 is 0. The lowest BCUT2D eigenvalue weighted by atomic mass is 9.92. The molecule has 1 heterocycles. The van der Waals surface area contributed by atoms with E-state index in [9.17, 15) is 5.26 Å². The van der Waals surface area contributed by atoms with E-state index in [0.717, 1.165) is 49.7 Å².